The molecule has 2 rings (SSSR count). The Morgan fingerprint density at radius 3 is 2.74 bits per heavy atom. The number of aliphatic imine (C=N–C) groups is 1. The minimum atomic E-state index is 0. The van der Waals surface area contributed by atoms with Crippen LogP contribution in [0, 0.1) is 5.92 Å². The monoisotopic (exact) mass is 434 g/mol. The highest BCUT2D eigenvalue weighted by Gasteiger charge is 2.19. The zero-order valence-electron chi connectivity index (χ0n) is 15.0. The summed E-state index contributed by atoms with van der Waals surface area (Å²) in [6.45, 7) is 3.06. The number of nitrogens with one attached hydrogen (secondary N) is 2. The van der Waals surface area contributed by atoms with Crippen LogP contribution >= 0.6 is 24.0 Å². The second-order valence-corrected chi connectivity index (χ2v) is 6.54. The molecule has 1 heterocycles. The van der Waals surface area contributed by atoms with Gasteiger partial charge in [-0.25, -0.2) is 4.98 Å². The topological polar surface area (TPSA) is 57.5 Å². The van der Waals surface area contributed by atoms with Crippen molar-refractivity contribution in [3.05, 3.63) is 11.9 Å². The minimum absolute atomic E-state index is 0. The molecule has 1 aromatic rings. The second-order valence-electron chi connectivity index (χ2n) is 6.54. The van der Waals surface area contributed by atoms with Crippen molar-refractivity contribution in [1.82, 2.24) is 20.2 Å². The highest BCUT2D eigenvalue weighted by atomic mass is 127. The number of nitrogens with zero attached hydrogens (tertiary/aromatic N) is 4. The Morgan fingerprint density at radius 1 is 1.43 bits per heavy atom. The van der Waals surface area contributed by atoms with Crippen molar-refractivity contribution in [2.24, 2.45) is 18.0 Å². The summed E-state index contributed by atoms with van der Waals surface area (Å²) in [5, 5.41) is 6.95. The van der Waals surface area contributed by atoms with Gasteiger partial charge < -0.3 is 20.1 Å². The maximum Gasteiger partial charge on any atom is 0.204 e. The zero-order chi connectivity index (χ0) is 16.1. The van der Waals surface area contributed by atoms with Gasteiger partial charge in [0.2, 0.25) is 5.95 Å². The van der Waals surface area contributed by atoms with Crippen LogP contribution in [0.5, 0.6) is 0 Å². The van der Waals surface area contributed by atoms with Crippen molar-refractivity contribution in [3.8, 4) is 0 Å². The largest absolute Gasteiger partial charge is 0.354 e. The maximum atomic E-state index is 4.43. The molecule has 23 heavy (non-hydrogen) atoms. The molecular weight excluding hydrogens is 403 g/mol. The molecule has 0 amide bonds. The fraction of sp³-hybridized carbons (Fsp3) is 0.750. The van der Waals surface area contributed by atoms with Crippen molar-refractivity contribution in [1.29, 1.82) is 0 Å². The van der Waals surface area contributed by atoms with E-state index in [1.807, 2.05) is 39.3 Å². The van der Waals surface area contributed by atoms with E-state index in [4.69, 9.17) is 0 Å². The fourth-order valence-corrected chi connectivity index (χ4v) is 3.14. The number of anilines is 1. The number of imidazole rings is 1. The summed E-state index contributed by atoms with van der Waals surface area (Å²) in [6, 6.07) is 0.541. The standard InChI is InChI=1S/C16H30N6.HI/c1-12-7-6-8-13(9-12)20-15(17-2)18-10-14-11-19-16(21(3)4)22(14)5;/h11-13H,6-10H2,1-5H3,(H2,17,18,20);1H. The average Bonchev–Trinajstić information content (AvgIpc) is 2.84. The van der Waals surface area contributed by atoms with E-state index in [-0.39, 0.29) is 24.0 Å². The smallest absolute Gasteiger partial charge is 0.204 e. The van der Waals surface area contributed by atoms with Gasteiger partial charge in [0.05, 0.1) is 18.4 Å². The van der Waals surface area contributed by atoms with Crippen molar-refractivity contribution in [2.75, 3.05) is 26.0 Å². The fourth-order valence-electron chi connectivity index (χ4n) is 3.14. The predicted molar refractivity (Wildman–Crippen MR) is 108 cm³/mol. The van der Waals surface area contributed by atoms with Crippen molar-refractivity contribution < 1.29 is 0 Å². The molecule has 1 aromatic heterocycles. The van der Waals surface area contributed by atoms with Crippen LogP contribution in [0.4, 0.5) is 5.95 Å². The van der Waals surface area contributed by atoms with E-state index < -0.39 is 0 Å². The van der Waals surface area contributed by atoms with Gasteiger partial charge in [-0.15, -0.1) is 24.0 Å². The molecule has 2 atom stereocenters. The van der Waals surface area contributed by atoms with E-state index in [9.17, 15) is 0 Å². The number of hydrogen-bond donors (Lipinski definition) is 2. The first-order valence-electron chi connectivity index (χ1n) is 8.16. The number of aromatic nitrogens is 2. The van der Waals surface area contributed by atoms with E-state index in [1.54, 1.807) is 0 Å². The molecule has 6 nitrogen and oxygen atoms in total. The van der Waals surface area contributed by atoms with Gasteiger partial charge in [0.15, 0.2) is 5.96 Å². The summed E-state index contributed by atoms with van der Waals surface area (Å²) in [7, 11) is 7.88. The average molecular weight is 434 g/mol. The molecule has 2 unspecified atom stereocenters. The first-order valence-corrected chi connectivity index (χ1v) is 8.16. The summed E-state index contributed by atoms with van der Waals surface area (Å²) < 4.78 is 2.10. The van der Waals surface area contributed by atoms with Crippen molar-refractivity contribution in [2.45, 2.75) is 45.2 Å². The van der Waals surface area contributed by atoms with Crippen LogP contribution in [0.3, 0.4) is 0 Å². The lowest BCUT2D eigenvalue weighted by molar-refractivity contribution is 0.324. The number of rotatable bonds is 4. The molecule has 0 aromatic carbocycles. The predicted octanol–water partition coefficient (Wildman–Crippen LogP) is 2.35. The Kier molecular flexibility index (Phi) is 8.15. The van der Waals surface area contributed by atoms with Crippen LogP contribution in [-0.2, 0) is 13.6 Å². The summed E-state index contributed by atoms with van der Waals surface area (Å²) in [5.41, 5.74) is 1.14. The van der Waals surface area contributed by atoms with E-state index in [2.05, 4.69) is 32.1 Å². The third-order valence-electron chi connectivity index (χ3n) is 4.40. The summed E-state index contributed by atoms with van der Waals surface area (Å²) in [5.74, 6) is 2.65. The van der Waals surface area contributed by atoms with Crippen LogP contribution in [0.1, 0.15) is 38.3 Å². The highest BCUT2D eigenvalue weighted by Crippen LogP contribution is 2.23. The van der Waals surface area contributed by atoms with Gasteiger partial charge in [-0.1, -0.05) is 19.8 Å². The van der Waals surface area contributed by atoms with E-state index in [0.29, 0.717) is 6.04 Å². The third-order valence-corrected chi connectivity index (χ3v) is 4.40. The third kappa shape index (κ3) is 5.54. The SMILES string of the molecule is CN=C(NCc1cnc(N(C)C)n1C)NC1CCCC(C)C1.I. The van der Waals surface area contributed by atoms with E-state index >= 15 is 0 Å². The normalized spacial score (nSPS) is 21.5. The lowest BCUT2D eigenvalue weighted by atomic mass is 9.87. The number of hydrogen-bond acceptors (Lipinski definition) is 3. The van der Waals surface area contributed by atoms with E-state index in [1.165, 1.54) is 25.7 Å². The van der Waals surface area contributed by atoms with Crippen LogP contribution in [0.25, 0.3) is 0 Å². The van der Waals surface area contributed by atoms with E-state index in [0.717, 1.165) is 30.1 Å². The Labute approximate surface area is 157 Å². The molecule has 0 spiro atoms. The molecule has 1 aliphatic carbocycles. The van der Waals surface area contributed by atoms with Gasteiger partial charge in [-0.05, 0) is 18.8 Å². The molecule has 0 bridgehead atoms. The Morgan fingerprint density at radius 2 is 2.17 bits per heavy atom. The van der Waals surface area contributed by atoms with Gasteiger partial charge in [-0.3, -0.25) is 4.99 Å². The number of halogens is 1. The van der Waals surface area contributed by atoms with Crippen LogP contribution in [0.2, 0.25) is 0 Å². The first-order chi connectivity index (χ1) is 10.5. The lowest BCUT2D eigenvalue weighted by Crippen LogP contribution is -2.44. The summed E-state index contributed by atoms with van der Waals surface area (Å²) in [6.07, 6.45) is 7.05. The van der Waals surface area contributed by atoms with Gasteiger partial charge in [-0.2, -0.15) is 0 Å². The lowest BCUT2D eigenvalue weighted by Gasteiger charge is -2.28. The Bertz CT molecular complexity index is 511. The second kappa shape index (κ2) is 9.34. The molecule has 0 saturated heterocycles. The van der Waals surface area contributed by atoms with Crippen molar-refractivity contribution in [3.63, 3.8) is 0 Å². The molecule has 1 fully saturated rings. The van der Waals surface area contributed by atoms with Gasteiger partial charge in [0, 0.05) is 34.2 Å². The van der Waals surface area contributed by atoms with Crippen molar-refractivity contribution >= 4 is 35.9 Å². The summed E-state index contributed by atoms with van der Waals surface area (Å²) in [4.78, 5) is 10.8. The molecule has 0 radical (unpaired) electrons. The molecule has 2 N–H and O–H groups in total. The summed E-state index contributed by atoms with van der Waals surface area (Å²) >= 11 is 0. The molecule has 0 aliphatic heterocycles. The Hall–Kier alpha value is -0.990. The number of guanidine groups is 1. The van der Waals surface area contributed by atoms with Crippen LogP contribution in [0.15, 0.2) is 11.2 Å². The van der Waals surface area contributed by atoms with Gasteiger partial charge in [0.25, 0.3) is 0 Å². The molecular formula is C16H31IN6. The molecule has 1 aliphatic rings. The quantitative estimate of drug-likeness (QED) is 0.434. The van der Waals surface area contributed by atoms with Crippen LogP contribution < -0.4 is 15.5 Å². The van der Waals surface area contributed by atoms with Gasteiger partial charge in [0.1, 0.15) is 0 Å². The molecule has 132 valence electrons. The minimum Gasteiger partial charge on any atom is -0.354 e. The van der Waals surface area contributed by atoms with Crippen LogP contribution in [-0.4, -0.2) is 42.7 Å². The molecule has 1 saturated carbocycles. The zero-order valence-corrected chi connectivity index (χ0v) is 17.3. The molecule has 7 heteroatoms. The first kappa shape index (κ1) is 20.1. The maximum absolute atomic E-state index is 4.43. The van der Waals surface area contributed by atoms with Gasteiger partial charge >= 0.3 is 0 Å². The highest BCUT2D eigenvalue weighted by molar-refractivity contribution is 14.0. The Balaban J connectivity index is 0.00000264.